The van der Waals surface area contributed by atoms with E-state index in [9.17, 15) is 14.7 Å². The summed E-state index contributed by atoms with van der Waals surface area (Å²) in [7, 11) is 1.19. The molecule has 0 saturated heterocycles. The normalized spacial score (nSPS) is 12.9. The van der Waals surface area contributed by atoms with Crippen LogP contribution in [-0.2, 0) is 9.53 Å². The second kappa shape index (κ2) is 6.57. The van der Waals surface area contributed by atoms with E-state index in [-0.39, 0.29) is 0 Å². The summed E-state index contributed by atoms with van der Waals surface area (Å²) in [6, 6.07) is 5.21. The van der Waals surface area contributed by atoms with Gasteiger partial charge in [-0.05, 0) is 31.2 Å². The van der Waals surface area contributed by atoms with Crippen molar-refractivity contribution in [2.45, 2.75) is 19.1 Å². The summed E-state index contributed by atoms with van der Waals surface area (Å²) >= 11 is 0. The molecule has 0 aromatic heterocycles. The van der Waals surface area contributed by atoms with Gasteiger partial charge in [-0.2, -0.15) is 0 Å². The molecule has 0 fully saturated rings. The predicted octanol–water partition coefficient (Wildman–Crippen LogP) is 0.320. The van der Waals surface area contributed by atoms with Gasteiger partial charge in [0, 0.05) is 11.1 Å². The number of aliphatic hydroxyl groups is 1. The Hall–Kier alpha value is -2.32. The maximum atomic E-state index is 11.9. The first-order chi connectivity index (χ1) is 8.99. The van der Waals surface area contributed by atoms with Crippen molar-refractivity contribution in [1.82, 2.24) is 5.32 Å². The maximum Gasteiger partial charge on any atom is 0.331 e. The number of nitrogens with one attached hydrogen (secondary N) is 1. The molecule has 2 N–H and O–H groups in total. The van der Waals surface area contributed by atoms with Crippen LogP contribution in [0.1, 0.15) is 22.8 Å². The van der Waals surface area contributed by atoms with E-state index in [1.165, 1.54) is 14.0 Å². The number of aliphatic hydroxyl groups excluding tert-OH is 1. The molecule has 1 rings (SSSR count). The van der Waals surface area contributed by atoms with E-state index < -0.39 is 24.0 Å². The minimum atomic E-state index is -1.11. The zero-order valence-electron chi connectivity index (χ0n) is 10.7. The Morgan fingerprint density at radius 3 is 2.37 bits per heavy atom. The molecule has 100 valence electrons. The monoisotopic (exact) mass is 261 g/mol. The van der Waals surface area contributed by atoms with Gasteiger partial charge >= 0.3 is 5.97 Å². The molecule has 0 bridgehead atoms. The largest absolute Gasteiger partial charge is 0.467 e. The fourth-order valence-corrected chi connectivity index (χ4v) is 1.45. The fourth-order valence-electron chi connectivity index (χ4n) is 1.45. The highest BCUT2D eigenvalue weighted by Gasteiger charge is 2.26. The van der Waals surface area contributed by atoms with E-state index in [4.69, 9.17) is 6.42 Å². The SMILES string of the molecule is C#Cc1ccc(C(=O)N[C@H](C(=O)OC)[C@@H](C)O)cc1. The van der Waals surface area contributed by atoms with Gasteiger partial charge in [-0.1, -0.05) is 5.92 Å². The molecule has 19 heavy (non-hydrogen) atoms. The van der Waals surface area contributed by atoms with E-state index in [1.807, 2.05) is 0 Å². The van der Waals surface area contributed by atoms with Crippen molar-refractivity contribution in [3.8, 4) is 12.3 Å². The molecule has 0 heterocycles. The molecule has 0 aliphatic carbocycles. The molecule has 0 aliphatic rings. The van der Waals surface area contributed by atoms with Crippen molar-refractivity contribution < 1.29 is 19.4 Å². The zero-order valence-corrected chi connectivity index (χ0v) is 10.7. The number of methoxy groups -OCH3 is 1. The molecule has 1 aromatic rings. The van der Waals surface area contributed by atoms with Crippen molar-refractivity contribution >= 4 is 11.9 Å². The number of hydrogen-bond donors (Lipinski definition) is 2. The standard InChI is InChI=1S/C14H15NO4/c1-4-10-5-7-11(8-6-10)13(17)15-12(9(2)16)14(18)19-3/h1,5-9,12,16H,2-3H3,(H,15,17)/t9-,12+/m1/s1. The summed E-state index contributed by atoms with van der Waals surface area (Å²) in [5, 5.41) is 11.9. The third-order valence-electron chi connectivity index (χ3n) is 2.54. The van der Waals surface area contributed by atoms with E-state index in [0.29, 0.717) is 11.1 Å². The number of rotatable bonds is 4. The summed E-state index contributed by atoms with van der Waals surface area (Å²) < 4.78 is 4.51. The van der Waals surface area contributed by atoms with Gasteiger partial charge in [0.15, 0.2) is 6.04 Å². The van der Waals surface area contributed by atoms with Crippen LogP contribution < -0.4 is 5.32 Å². The lowest BCUT2D eigenvalue weighted by Crippen LogP contribution is -2.48. The predicted molar refractivity (Wildman–Crippen MR) is 69.3 cm³/mol. The summed E-state index contributed by atoms with van der Waals surface area (Å²) in [6.45, 7) is 1.39. The molecule has 5 nitrogen and oxygen atoms in total. The number of terminal acetylenes is 1. The molecule has 1 aromatic carbocycles. The van der Waals surface area contributed by atoms with Gasteiger partial charge in [0.1, 0.15) is 0 Å². The summed E-state index contributed by atoms with van der Waals surface area (Å²) in [5.41, 5.74) is 0.991. The van der Waals surface area contributed by atoms with E-state index >= 15 is 0 Å². The van der Waals surface area contributed by atoms with Crippen molar-refractivity contribution in [2.24, 2.45) is 0 Å². The third-order valence-corrected chi connectivity index (χ3v) is 2.54. The quantitative estimate of drug-likeness (QED) is 0.604. The average molecular weight is 261 g/mol. The van der Waals surface area contributed by atoms with Gasteiger partial charge in [-0.3, -0.25) is 4.79 Å². The molecule has 0 unspecified atom stereocenters. The van der Waals surface area contributed by atoms with Crippen LogP contribution >= 0.6 is 0 Å². The second-order valence-electron chi connectivity index (χ2n) is 3.94. The number of amides is 1. The first kappa shape index (κ1) is 14.7. The molecular weight excluding hydrogens is 246 g/mol. The molecule has 5 heteroatoms. The molecule has 0 aliphatic heterocycles. The maximum absolute atomic E-state index is 11.9. The minimum absolute atomic E-state index is 0.341. The average Bonchev–Trinajstić information content (AvgIpc) is 2.43. The summed E-state index contributed by atoms with van der Waals surface area (Å²) in [6.07, 6.45) is 4.16. The Balaban J connectivity index is 2.82. The van der Waals surface area contributed by atoms with Crippen molar-refractivity contribution in [1.29, 1.82) is 0 Å². The van der Waals surface area contributed by atoms with E-state index in [1.54, 1.807) is 24.3 Å². The van der Waals surface area contributed by atoms with Crippen LogP contribution in [0.3, 0.4) is 0 Å². The molecule has 0 spiro atoms. The molecular formula is C14H15NO4. The fraction of sp³-hybridized carbons (Fsp3) is 0.286. The van der Waals surface area contributed by atoms with Crippen LogP contribution in [0.4, 0.5) is 0 Å². The Bertz CT molecular complexity index is 499. The van der Waals surface area contributed by atoms with Crippen LogP contribution in [0, 0.1) is 12.3 Å². The van der Waals surface area contributed by atoms with Gasteiger partial charge in [-0.25, -0.2) is 4.79 Å². The molecule has 1 amide bonds. The lowest BCUT2D eigenvalue weighted by Gasteiger charge is -2.18. The number of ether oxygens (including phenoxy) is 1. The lowest BCUT2D eigenvalue weighted by molar-refractivity contribution is -0.145. The van der Waals surface area contributed by atoms with Gasteiger partial charge in [0.25, 0.3) is 5.91 Å². The highest BCUT2D eigenvalue weighted by atomic mass is 16.5. The van der Waals surface area contributed by atoms with Crippen LogP contribution in [-0.4, -0.2) is 36.2 Å². The van der Waals surface area contributed by atoms with Crippen molar-refractivity contribution in [2.75, 3.05) is 7.11 Å². The number of benzene rings is 1. The van der Waals surface area contributed by atoms with Crippen LogP contribution in [0.2, 0.25) is 0 Å². The highest BCUT2D eigenvalue weighted by molar-refractivity contribution is 5.97. The topological polar surface area (TPSA) is 75.6 Å². The second-order valence-corrected chi connectivity index (χ2v) is 3.94. The highest BCUT2D eigenvalue weighted by Crippen LogP contribution is 2.05. The number of carbonyl (C=O) groups is 2. The summed E-state index contributed by atoms with van der Waals surface area (Å²) in [5.74, 6) is 1.24. The van der Waals surface area contributed by atoms with E-state index in [0.717, 1.165) is 0 Å². The van der Waals surface area contributed by atoms with Crippen LogP contribution in [0.15, 0.2) is 24.3 Å². The first-order valence-electron chi connectivity index (χ1n) is 5.63. The van der Waals surface area contributed by atoms with Crippen LogP contribution in [0.5, 0.6) is 0 Å². The first-order valence-corrected chi connectivity index (χ1v) is 5.63. The Labute approximate surface area is 111 Å². The van der Waals surface area contributed by atoms with Gasteiger partial charge in [-0.15, -0.1) is 6.42 Å². The number of hydrogen-bond acceptors (Lipinski definition) is 4. The van der Waals surface area contributed by atoms with Crippen LogP contribution in [0.25, 0.3) is 0 Å². The smallest absolute Gasteiger partial charge is 0.331 e. The van der Waals surface area contributed by atoms with Gasteiger partial charge < -0.3 is 15.2 Å². The molecule has 0 saturated carbocycles. The zero-order chi connectivity index (χ0) is 14.4. The Morgan fingerprint density at radius 2 is 1.95 bits per heavy atom. The Morgan fingerprint density at radius 1 is 1.37 bits per heavy atom. The minimum Gasteiger partial charge on any atom is -0.467 e. The van der Waals surface area contributed by atoms with Crippen molar-refractivity contribution in [3.63, 3.8) is 0 Å². The van der Waals surface area contributed by atoms with Gasteiger partial charge in [0.05, 0.1) is 13.2 Å². The molecule has 0 radical (unpaired) electrons. The molecule has 2 atom stereocenters. The third kappa shape index (κ3) is 3.83. The lowest BCUT2D eigenvalue weighted by atomic mass is 10.1. The van der Waals surface area contributed by atoms with Gasteiger partial charge in [0.2, 0.25) is 0 Å². The summed E-state index contributed by atoms with van der Waals surface area (Å²) in [4.78, 5) is 23.3. The van der Waals surface area contributed by atoms with E-state index in [2.05, 4.69) is 16.0 Å². The number of esters is 1. The number of carbonyl (C=O) groups excluding carboxylic acids is 2. The Kier molecular flexibility index (Phi) is 5.10. The van der Waals surface area contributed by atoms with Crippen molar-refractivity contribution in [3.05, 3.63) is 35.4 Å².